The third-order valence-electron chi connectivity index (χ3n) is 2.13. The van der Waals surface area contributed by atoms with Crippen molar-refractivity contribution in [1.29, 1.82) is 5.26 Å². The van der Waals surface area contributed by atoms with Gasteiger partial charge in [-0.3, -0.25) is 0 Å². The molecule has 4 heteroatoms. The fraction of sp³-hybridized carbons (Fsp3) is 0.0909. The highest BCUT2D eigenvalue weighted by molar-refractivity contribution is 5.60. The van der Waals surface area contributed by atoms with Crippen molar-refractivity contribution in [1.82, 2.24) is 9.78 Å². The molecule has 0 aliphatic heterocycles. The van der Waals surface area contributed by atoms with Gasteiger partial charge >= 0.3 is 0 Å². The van der Waals surface area contributed by atoms with Gasteiger partial charge < -0.3 is 5.32 Å². The van der Waals surface area contributed by atoms with Gasteiger partial charge in [0.05, 0.1) is 23.1 Å². The number of anilines is 1. The van der Waals surface area contributed by atoms with E-state index in [2.05, 4.69) is 16.5 Å². The summed E-state index contributed by atoms with van der Waals surface area (Å²) in [6, 6.07) is 9.84. The van der Waals surface area contributed by atoms with Crippen molar-refractivity contribution in [3.63, 3.8) is 0 Å². The minimum Gasteiger partial charge on any atom is -0.386 e. The number of hydrogen-bond donors (Lipinski definition) is 1. The first-order valence-electron chi connectivity index (χ1n) is 4.57. The Kier molecular flexibility index (Phi) is 2.38. The summed E-state index contributed by atoms with van der Waals surface area (Å²) in [5.41, 5.74) is 2.47. The quantitative estimate of drug-likeness (QED) is 0.800. The van der Waals surface area contributed by atoms with Crippen molar-refractivity contribution >= 4 is 5.69 Å². The average molecular weight is 198 g/mol. The van der Waals surface area contributed by atoms with Gasteiger partial charge in [-0.2, -0.15) is 10.4 Å². The first-order valence-corrected chi connectivity index (χ1v) is 4.57. The molecule has 0 aliphatic rings. The van der Waals surface area contributed by atoms with Crippen molar-refractivity contribution < 1.29 is 0 Å². The molecule has 1 aromatic carbocycles. The van der Waals surface area contributed by atoms with Crippen LogP contribution in [0.1, 0.15) is 5.56 Å². The maximum Gasteiger partial charge on any atom is 0.102 e. The monoisotopic (exact) mass is 198 g/mol. The zero-order valence-electron chi connectivity index (χ0n) is 8.31. The molecule has 1 heterocycles. The molecule has 1 aromatic heterocycles. The molecule has 0 saturated heterocycles. The molecule has 4 nitrogen and oxygen atoms in total. The van der Waals surface area contributed by atoms with E-state index in [1.165, 1.54) is 0 Å². The average Bonchev–Trinajstić information content (AvgIpc) is 2.77. The lowest BCUT2D eigenvalue weighted by atomic mass is 10.2. The highest BCUT2D eigenvalue weighted by atomic mass is 15.3. The van der Waals surface area contributed by atoms with Gasteiger partial charge in [-0.1, -0.05) is 12.1 Å². The van der Waals surface area contributed by atoms with Crippen LogP contribution < -0.4 is 5.32 Å². The second kappa shape index (κ2) is 3.84. The molecule has 0 unspecified atom stereocenters. The Bertz CT molecular complexity index is 507. The third kappa shape index (κ3) is 1.67. The summed E-state index contributed by atoms with van der Waals surface area (Å²) in [6.45, 7) is 0. The molecule has 2 rings (SSSR count). The van der Waals surface area contributed by atoms with E-state index in [-0.39, 0.29) is 0 Å². The largest absolute Gasteiger partial charge is 0.386 e. The molecule has 74 valence electrons. The molecule has 0 saturated carbocycles. The molecular formula is C11H10N4. The van der Waals surface area contributed by atoms with Gasteiger partial charge in [-0.15, -0.1) is 0 Å². The van der Waals surface area contributed by atoms with Crippen LogP contribution in [0.5, 0.6) is 0 Å². The standard InChI is InChI=1S/C11H10N4/c1-13-10-4-2-3-5-11(10)15-8-9(6-12)7-14-15/h2-5,7-8,13H,1H3. The summed E-state index contributed by atoms with van der Waals surface area (Å²) in [5.74, 6) is 0. The van der Waals surface area contributed by atoms with E-state index in [4.69, 9.17) is 5.26 Å². The van der Waals surface area contributed by atoms with Gasteiger partial charge in [-0.25, -0.2) is 4.68 Å². The number of nitriles is 1. The molecule has 1 N–H and O–H groups in total. The first kappa shape index (κ1) is 9.28. The van der Waals surface area contributed by atoms with Crippen LogP contribution in [0.15, 0.2) is 36.7 Å². The number of nitrogens with zero attached hydrogens (tertiary/aromatic N) is 3. The van der Waals surface area contributed by atoms with E-state index in [0.29, 0.717) is 5.56 Å². The van der Waals surface area contributed by atoms with Crippen LogP contribution in [-0.4, -0.2) is 16.8 Å². The molecule has 0 bridgehead atoms. The molecule has 0 atom stereocenters. The van der Waals surface area contributed by atoms with Crippen LogP contribution in [0.2, 0.25) is 0 Å². The maximum absolute atomic E-state index is 8.71. The normalized spacial score (nSPS) is 9.60. The van der Waals surface area contributed by atoms with Crippen LogP contribution in [-0.2, 0) is 0 Å². The van der Waals surface area contributed by atoms with Gasteiger partial charge in [0.1, 0.15) is 6.07 Å². The van der Waals surface area contributed by atoms with Crippen molar-refractivity contribution in [2.75, 3.05) is 12.4 Å². The number of rotatable bonds is 2. The summed E-state index contributed by atoms with van der Waals surface area (Å²) in [6.07, 6.45) is 3.25. The van der Waals surface area contributed by atoms with E-state index in [1.807, 2.05) is 31.3 Å². The summed E-state index contributed by atoms with van der Waals surface area (Å²) in [4.78, 5) is 0. The fourth-order valence-electron chi connectivity index (χ4n) is 1.40. The van der Waals surface area contributed by atoms with Crippen molar-refractivity contribution in [3.05, 3.63) is 42.2 Å². The molecule has 0 fully saturated rings. The van der Waals surface area contributed by atoms with E-state index < -0.39 is 0 Å². The topological polar surface area (TPSA) is 53.6 Å². The Hall–Kier alpha value is -2.28. The molecule has 0 amide bonds. The SMILES string of the molecule is CNc1ccccc1-n1cc(C#N)cn1. The van der Waals surface area contributed by atoms with Crippen molar-refractivity contribution in [3.8, 4) is 11.8 Å². The second-order valence-corrected chi connectivity index (χ2v) is 3.05. The Labute approximate surface area is 87.8 Å². The highest BCUT2D eigenvalue weighted by Crippen LogP contribution is 2.18. The van der Waals surface area contributed by atoms with Crippen LogP contribution in [0, 0.1) is 11.3 Å². The Morgan fingerprint density at radius 3 is 2.87 bits per heavy atom. The molecule has 0 aliphatic carbocycles. The van der Waals surface area contributed by atoms with Gasteiger partial charge in [0.2, 0.25) is 0 Å². The number of hydrogen-bond acceptors (Lipinski definition) is 3. The molecule has 15 heavy (non-hydrogen) atoms. The number of nitrogens with one attached hydrogen (secondary N) is 1. The van der Waals surface area contributed by atoms with Crippen molar-refractivity contribution in [2.45, 2.75) is 0 Å². The smallest absolute Gasteiger partial charge is 0.102 e. The van der Waals surface area contributed by atoms with Crippen LogP contribution in [0.25, 0.3) is 5.69 Å². The Morgan fingerprint density at radius 1 is 1.40 bits per heavy atom. The van der Waals surface area contributed by atoms with Crippen molar-refractivity contribution in [2.24, 2.45) is 0 Å². The summed E-state index contributed by atoms with van der Waals surface area (Å²) in [7, 11) is 1.85. The molecule has 2 aromatic rings. The van der Waals surface area contributed by atoms with Crippen LogP contribution >= 0.6 is 0 Å². The minimum absolute atomic E-state index is 0.556. The number of aromatic nitrogens is 2. The number of para-hydroxylation sites is 2. The van der Waals surface area contributed by atoms with E-state index >= 15 is 0 Å². The molecule has 0 radical (unpaired) electrons. The fourth-order valence-corrected chi connectivity index (χ4v) is 1.40. The van der Waals surface area contributed by atoms with E-state index in [0.717, 1.165) is 11.4 Å². The first-order chi connectivity index (χ1) is 7.35. The molecule has 0 spiro atoms. The molecular weight excluding hydrogens is 188 g/mol. The predicted octanol–water partition coefficient (Wildman–Crippen LogP) is 1.79. The minimum atomic E-state index is 0.556. The van der Waals surface area contributed by atoms with Gasteiger partial charge in [0, 0.05) is 13.2 Å². The highest BCUT2D eigenvalue weighted by Gasteiger charge is 2.03. The maximum atomic E-state index is 8.71. The Balaban J connectivity index is 2.49. The summed E-state index contributed by atoms with van der Waals surface area (Å²) >= 11 is 0. The van der Waals surface area contributed by atoms with Crippen LogP contribution in [0.3, 0.4) is 0 Å². The predicted molar refractivity (Wildman–Crippen MR) is 57.8 cm³/mol. The number of benzene rings is 1. The lowest BCUT2D eigenvalue weighted by molar-refractivity contribution is 0.881. The second-order valence-electron chi connectivity index (χ2n) is 3.05. The lowest BCUT2D eigenvalue weighted by Gasteiger charge is -2.07. The summed E-state index contributed by atoms with van der Waals surface area (Å²) < 4.78 is 1.68. The van der Waals surface area contributed by atoms with Crippen LogP contribution in [0.4, 0.5) is 5.69 Å². The zero-order chi connectivity index (χ0) is 10.7. The zero-order valence-corrected chi connectivity index (χ0v) is 8.31. The van der Waals surface area contributed by atoms with E-state index in [9.17, 15) is 0 Å². The van der Waals surface area contributed by atoms with Gasteiger partial charge in [-0.05, 0) is 12.1 Å². The lowest BCUT2D eigenvalue weighted by Crippen LogP contribution is -1.99. The Morgan fingerprint density at radius 2 is 2.20 bits per heavy atom. The van der Waals surface area contributed by atoms with E-state index in [1.54, 1.807) is 17.1 Å². The van der Waals surface area contributed by atoms with Gasteiger partial charge in [0.15, 0.2) is 0 Å². The van der Waals surface area contributed by atoms with Gasteiger partial charge in [0.25, 0.3) is 0 Å². The summed E-state index contributed by atoms with van der Waals surface area (Å²) in [5, 5.41) is 15.9. The third-order valence-corrected chi connectivity index (χ3v) is 2.13.